The Morgan fingerprint density at radius 2 is 1.70 bits per heavy atom. The van der Waals surface area contributed by atoms with Gasteiger partial charge in [-0.25, -0.2) is 0 Å². The first-order chi connectivity index (χ1) is 9.34. The highest BCUT2D eigenvalue weighted by atomic mass is 16.2. The van der Waals surface area contributed by atoms with Crippen LogP contribution in [-0.4, -0.2) is 24.4 Å². The highest BCUT2D eigenvalue weighted by Gasteiger charge is 2.36. The second kappa shape index (κ2) is 7.65. The zero-order valence-electron chi connectivity index (χ0n) is 13.4. The average molecular weight is 282 g/mol. The number of carbonyl (C=O) groups is 2. The van der Waals surface area contributed by atoms with Gasteiger partial charge in [0.1, 0.15) is 5.41 Å². The van der Waals surface area contributed by atoms with Crippen molar-refractivity contribution in [2.75, 3.05) is 6.54 Å². The maximum atomic E-state index is 12.3. The third-order valence-corrected chi connectivity index (χ3v) is 4.08. The summed E-state index contributed by atoms with van der Waals surface area (Å²) < 4.78 is 0. The monoisotopic (exact) mass is 282 g/mol. The molecule has 4 nitrogen and oxygen atoms in total. The molecule has 0 radical (unpaired) electrons. The van der Waals surface area contributed by atoms with Crippen molar-refractivity contribution in [3.8, 4) is 0 Å². The Balaban J connectivity index is 2.44. The molecule has 0 aliphatic heterocycles. The Kier molecular flexibility index (Phi) is 6.50. The number of rotatable bonds is 6. The van der Waals surface area contributed by atoms with Gasteiger partial charge in [-0.15, -0.1) is 0 Å². The van der Waals surface area contributed by atoms with Crippen molar-refractivity contribution in [1.29, 1.82) is 0 Å². The molecule has 2 amide bonds. The van der Waals surface area contributed by atoms with Gasteiger partial charge in [0.15, 0.2) is 0 Å². The van der Waals surface area contributed by atoms with E-state index < -0.39 is 5.41 Å². The number of carbonyl (C=O) groups excluding carboxylic acids is 2. The molecule has 0 unspecified atom stereocenters. The fraction of sp³-hybridized carbons (Fsp3) is 0.875. The van der Waals surface area contributed by atoms with Gasteiger partial charge in [0.2, 0.25) is 11.8 Å². The molecule has 116 valence electrons. The second-order valence-electron chi connectivity index (χ2n) is 6.87. The van der Waals surface area contributed by atoms with E-state index >= 15 is 0 Å². The van der Waals surface area contributed by atoms with Crippen LogP contribution < -0.4 is 10.6 Å². The molecule has 1 fully saturated rings. The van der Waals surface area contributed by atoms with Gasteiger partial charge in [0.25, 0.3) is 0 Å². The average Bonchev–Trinajstić information content (AvgIpc) is 2.39. The zero-order valence-corrected chi connectivity index (χ0v) is 13.4. The van der Waals surface area contributed by atoms with Crippen LogP contribution >= 0.6 is 0 Å². The minimum absolute atomic E-state index is 0.147. The lowest BCUT2D eigenvalue weighted by atomic mass is 9.89. The molecule has 0 heterocycles. The molecular formula is C16H30N2O2. The Labute approximate surface area is 123 Å². The highest BCUT2D eigenvalue weighted by molar-refractivity contribution is 6.04. The summed E-state index contributed by atoms with van der Waals surface area (Å²) in [6.45, 7) is 8.28. The van der Waals surface area contributed by atoms with Gasteiger partial charge >= 0.3 is 0 Å². The lowest BCUT2D eigenvalue weighted by molar-refractivity contribution is -0.141. The van der Waals surface area contributed by atoms with Crippen LogP contribution in [0.5, 0.6) is 0 Å². The van der Waals surface area contributed by atoms with Crippen molar-refractivity contribution in [1.82, 2.24) is 10.6 Å². The van der Waals surface area contributed by atoms with Crippen LogP contribution in [-0.2, 0) is 9.59 Å². The molecule has 0 bridgehead atoms. The summed E-state index contributed by atoms with van der Waals surface area (Å²) in [5, 5.41) is 5.91. The fourth-order valence-corrected chi connectivity index (χ4v) is 2.41. The topological polar surface area (TPSA) is 58.2 Å². The van der Waals surface area contributed by atoms with E-state index in [4.69, 9.17) is 0 Å². The van der Waals surface area contributed by atoms with Crippen molar-refractivity contribution in [3.05, 3.63) is 0 Å². The smallest absolute Gasteiger partial charge is 0.235 e. The molecule has 0 aromatic rings. The summed E-state index contributed by atoms with van der Waals surface area (Å²) in [6.07, 6.45) is 6.61. The number of hydrogen-bond donors (Lipinski definition) is 2. The first-order valence-electron chi connectivity index (χ1n) is 7.93. The zero-order chi connectivity index (χ0) is 15.2. The van der Waals surface area contributed by atoms with Crippen LogP contribution in [0.25, 0.3) is 0 Å². The van der Waals surface area contributed by atoms with Crippen LogP contribution in [0.2, 0.25) is 0 Å². The van der Waals surface area contributed by atoms with Crippen LogP contribution in [0.1, 0.15) is 66.2 Å². The molecule has 0 aromatic carbocycles. The molecule has 20 heavy (non-hydrogen) atoms. The molecule has 1 aliphatic rings. The number of nitrogens with one attached hydrogen (secondary N) is 2. The van der Waals surface area contributed by atoms with Gasteiger partial charge in [0, 0.05) is 12.6 Å². The van der Waals surface area contributed by atoms with Gasteiger partial charge in [-0.2, -0.15) is 0 Å². The molecule has 4 heteroatoms. The van der Waals surface area contributed by atoms with E-state index in [1.807, 2.05) is 0 Å². The van der Waals surface area contributed by atoms with Crippen LogP contribution in [0.4, 0.5) is 0 Å². The van der Waals surface area contributed by atoms with Gasteiger partial charge in [-0.3, -0.25) is 9.59 Å². The van der Waals surface area contributed by atoms with E-state index in [0.29, 0.717) is 12.5 Å². The molecule has 1 rings (SSSR count). The third-order valence-electron chi connectivity index (χ3n) is 4.08. The first-order valence-corrected chi connectivity index (χ1v) is 7.93. The lowest BCUT2D eigenvalue weighted by Gasteiger charge is -2.28. The van der Waals surface area contributed by atoms with Crippen LogP contribution in [0.3, 0.4) is 0 Å². The Hall–Kier alpha value is -1.06. The largest absolute Gasteiger partial charge is 0.355 e. The highest BCUT2D eigenvalue weighted by Crippen LogP contribution is 2.21. The molecule has 1 aliphatic carbocycles. The summed E-state index contributed by atoms with van der Waals surface area (Å²) in [6, 6.07) is 0.249. The Morgan fingerprint density at radius 3 is 2.25 bits per heavy atom. The predicted molar refractivity (Wildman–Crippen MR) is 81.3 cm³/mol. The van der Waals surface area contributed by atoms with Gasteiger partial charge in [-0.05, 0) is 39.0 Å². The summed E-state index contributed by atoms with van der Waals surface area (Å²) in [5.74, 6) is 0.229. The standard InChI is InChI=1S/C16H30N2O2/c1-12(2)10-11-17-14(19)16(3,4)15(20)18-13-8-6-5-7-9-13/h12-13H,5-11H2,1-4H3,(H,17,19)(H,18,20). The Bertz CT molecular complexity index is 331. The summed E-state index contributed by atoms with van der Waals surface area (Å²) in [7, 11) is 0. The van der Waals surface area contributed by atoms with Crippen LogP contribution in [0.15, 0.2) is 0 Å². The van der Waals surface area contributed by atoms with E-state index in [0.717, 1.165) is 19.3 Å². The van der Waals surface area contributed by atoms with E-state index in [1.165, 1.54) is 19.3 Å². The predicted octanol–water partition coefficient (Wildman–Crippen LogP) is 2.62. The maximum Gasteiger partial charge on any atom is 0.235 e. The molecule has 0 aromatic heterocycles. The third kappa shape index (κ3) is 5.14. The second-order valence-corrected chi connectivity index (χ2v) is 6.87. The van der Waals surface area contributed by atoms with E-state index in [2.05, 4.69) is 24.5 Å². The molecule has 2 N–H and O–H groups in total. The van der Waals surface area contributed by atoms with Gasteiger partial charge < -0.3 is 10.6 Å². The quantitative estimate of drug-likeness (QED) is 0.736. The Morgan fingerprint density at radius 1 is 1.10 bits per heavy atom. The normalized spacial score (nSPS) is 17.1. The van der Waals surface area contributed by atoms with E-state index in [9.17, 15) is 9.59 Å². The van der Waals surface area contributed by atoms with E-state index in [-0.39, 0.29) is 17.9 Å². The maximum absolute atomic E-state index is 12.3. The van der Waals surface area contributed by atoms with Crippen LogP contribution in [0, 0.1) is 11.3 Å². The molecule has 0 saturated heterocycles. The molecule has 0 atom stereocenters. The fourth-order valence-electron chi connectivity index (χ4n) is 2.41. The minimum atomic E-state index is -0.992. The van der Waals surface area contributed by atoms with Crippen molar-refractivity contribution >= 4 is 11.8 Å². The summed E-state index contributed by atoms with van der Waals surface area (Å²) >= 11 is 0. The molecular weight excluding hydrogens is 252 g/mol. The molecule has 0 spiro atoms. The van der Waals surface area contributed by atoms with Crippen molar-refractivity contribution < 1.29 is 9.59 Å². The lowest BCUT2D eigenvalue weighted by Crippen LogP contribution is -2.51. The SMILES string of the molecule is CC(C)CCNC(=O)C(C)(C)C(=O)NC1CCCCC1. The van der Waals surface area contributed by atoms with Crippen molar-refractivity contribution in [3.63, 3.8) is 0 Å². The van der Waals surface area contributed by atoms with Crippen molar-refractivity contribution in [2.24, 2.45) is 11.3 Å². The van der Waals surface area contributed by atoms with Gasteiger partial charge in [0.05, 0.1) is 0 Å². The van der Waals surface area contributed by atoms with E-state index in [1.54, 1.807) is 13.8 Å². The molecule has 1 saturated carbocycles. The first kappa shape index (κ1) is 17.0. The summed E-state index contributed by atoms with van der Waals surface area (Å²) in [4.78, 5) is 24.5. The summed E-state index contributed by atoms with van der Waals surface area (Å²) in [5.41, 5.74) is -0.992. The number of amides is 2. The number of hydrogen-bond acceptors (Lipinski definition) is 2. The minimum Gasteiger partial charge on any atom is -0.355 e. The van der Waals surface area contributed by atoms with Crippen molar-refractivity contribution in [2.45, 2.75) is 72.3 Å². The van der Waals surface area contributed by atoms with Gasteiger partial charge in [-0.1, -0.05) is 33.1 Å².